The van der Waals surface area contributed by atoms with Gasteiger partial charge in [0.05, 0.1) is 5.56 Å². The van der Waals surface area contributed by atoms with Gasteiger partial charge in [-0.2, -0.15) is 0 Å². The zero-order valence-corrected chi connectivity index (χ0v) is 16.7. The molecule has 0 aliphatic carbocycles. The monoisotopic (exact) mass is 410 g/mol. The summed E-state index contributed by atoms with van der Waals surface area (Å²) >= 11 is 0. The lowest BCUT2D eigenvalue weighted by Gasteiger charge is -2.35. The fourth-order valence-electron chi connectivity index (χ4n) is 3.81. The van der Waals surface area contributed by atoms with Crippen LogP contribution in [0.2, 0.25) is 0 Å². The Bertz CT molecular complexity index is 1030. The number of halogens is 2. The molecule has 2 aromatic carbocycles. The Labute approximate surface area is 174 Å². The van der Waals surface area contributed by atoms with Crippen molar-refractivity contribution in [1.29, 1.82) is 0 Å². The van der Waals surface area contributed by atoms with E-state index < -0.39 is 17.5 Å². The molecule has 30 heavy (non-hydrogen) atoms. The van der Waals surface area contributed by atoms with Gasteiger partial charge in [0.2, 0.25) is 0 Å². The van der Waals surface area contributed by atoms with Crippen molar-refractivity contribution < 1.29 is 13.6 Å². The number of piperazine rings is 1. The highest BCUT2D eigenvalue weighted by Crippen LogP contribution is 2.24. The van der Waals surface area contributed by atoms with Gasteiger partial charge in [-0.15, -0.1) is 0 Å². The largest absolute Gasteiger partial charge is 0.354 e. The molecule has 1 aliphatic rings. The maximum absolute atomic E-state index is 13.6. The van der Waals surface area contributed by atoms with E-state index in [4.69, 9.17) is 0 Å². The normalized spacial score (nSPS) is 14.8. The maximum Gasteiger partial charge on any atom is 0.254 e. The van der Waals surface area contributed by atoms with Crippen LogP contribution in [-0.2, 0) is 0 Å². The molecule has 3 aromatic rings. The van der Waals surface area contributed by atoms with Gasteiger partial charge in [-0.3, -0.25) is 9.69 Å². The Kier molecular flexibility index (Phi) is 6.18. The standard InChI is InChI=1S/C23H24F2N4O/c24-18-6-7-21(25)20(16-18)23(30)27-9-3-11-28-12-14-29(15-13-28)22-19-5-2-1-4-17(19)8-10-26-22/h1-2,4-8,10,16H,3,9,11-15H2,(H,27,30). The summed E-state index contributed by atoms with van der Waals surface area (Å²) in [5.41, 5.74) is -0.258. The first-order valence-electron chi connectivity index (χ1n) is 10.2. The van der Waals surface area contributed by atoms with Gasteiger partial charge in [-0.25, -0.2) is 13.8 Å². The molecule has 1 N–H and O–H groups in total. The summed E-state index contributed by atoms with van der Waals surface area (Å²) in [4.78, 5) is 21.3. The Morgan fingerprint density at radius 1 is 1.03 bits per heavy atom. The molecule has 0 atom stereocenters. The predicted octanol–water partition coefficient (Wildman–Crippen LogP) is 3.46. The smallest absolute Gasteiger partial charge is 0.254 e. The van der Waals surface area contributed by atoms with Crippen LogP contribution in [0.3, 0.4) is 0 Å². The topological polar surface area (TPSA) is 48.5 Å². The number of anilines is 1. The van der Waals surface area contributed by atoms with E-state index >= 15 is 0 Å². The number of nitrogens with one attached hydrogen (secondary N) is 1. The van der Waals surface area contributed by atoms with E-state index in [1.54, 1.807) is 0 Å². The van der Waals surface area contributed by atoms with E-state index in [9.17, 15) is 13.6 Å². The van der Waals surface area contributed by atoms with Crippen LogP contribution in [0.4, 0.5) is 14.6 Å². The molecule has 1 fully saturated rings. The molecule has 1 saturated heterocycles. The first-order valence-corrected chi connectivity index (χ1v) is 10.2. The highest BCUT2D eigenvalue weighted by Gasteiger charge is 2.19. The SMILES string of the molecule is O=C(NCCCN1CCN(c2nccc3ccccc23)CC1)c1cc(F)ccc1F. The van der Waals surface area contributed by atoms with E-state index in [0.717, 1.165) is 63.2 Å². The van der Waals surface area contributed by atoms with E-state index in [2.05, 4.69) is 32.2 Å². The molecule has 0 saturated carbocycles. The summed E-state index contributed by atoms with van der Waals surface area (Å²) in [6.07, 6.45) is 2.60. The van der Waals surface area contributed by atoms with Crippen molar-refractivity contribution in [2.45, 2.75) is 6.42 Å². The minimum Gasteiger partial charge on any atom is -0.354 e. The lowest BCUT2D eigenvalue weighted by Crippen LogP contribution is -2.47. The number of rotatable bonds is 6. The third-order valence-corrected chi connectivity index (χ3v) is 5.43. The second kappa shape index (κ2) is 9.17. The second-order valence-corrected chi connectivity index (χ2v) is 7.42. The van der Waals surface area contributed by atoms with Gasteiger partial charge in [-0.1, -0.05) is 24.3 Å². The van der Waals surface area contributed by atoms with Gasteiger partial charge in [0.1, 0.15) is 17.5 Å². The van der Waals surface area contributed by atoms with Crippen LogP contribution in [0, 0.1) is 11.6 Å². The summed E-state index contributed by atoms with van der Waals surface area (Å²) in [6.45, 7) is 4.86. The van der Waals surface area contributed by atoms with Crippen molar-refractivity contribution in [2.75, 3.05) is 44.2 Å². The number of hydrogen-bond donors (Lipinski definition) is 1. The molecule has 1 aromatic heterocycles. The lowest BCUT2D eigenvalue weighted by atomic mass is 10.1. The summed E-state index contributed by atoms with van der Waals surface area (Å²) in [5, 5.41) is 5.03. The molecule has 1 amide bonds. The third-order valence-electron chi connectivity index (χ3n) is 5.43. The van der Waals surface area contributed by atoms with Crippen molar-refractivity contribution in [3.05, 3.63) is 71.9 Å². The Morgan fingerprint density at radius 2 is 1.83 bits per heavy atom. The van der Waals surface area contributed by atoms with Crippen molar-refractivity contribution in [3.63, 3.8) is 0 Å². The van der Waals surface area contributed by atoms with Gasteiger partial charge in [-0.05, 0) is 42.6 Å². The quantitative estimate of drug-likeness (QED) is 0.633. The molecule has 156 valence electrons. The third kappa shape index (κ3) is 4.57. The molecule has 0 unspecified atom stereocenters. The first kappa shape index (κ1) is 20.2. The van der Waals surface area contributed by atoms with Crippen LogP contribution < -0.4 is 10.2 Å². The second-order valence-electron chi connectivity index (χ2n) is 7.42. The van der Waals surface area contributed by atoms with Gasteiger partial charge in [0.15, 0.2) is 0 Å². The van der Waals surface area contributed by atoms with Crippen LogP contribution in [-0.4, -0.2) is 55.1 Å². The minimum absolute atomic E-state index is 0.258. The Morgan fingerprint density at radius 3 is 2.67 bits per heavy atom. The lowest BCUT2D eigenvalue weighted by molar-refractivity contribution is 0.0947. The van der Waals surface area contributed by atoms with E-state index in [1.807, 2.05) is 24.4 Å². The molecule has 2 heterocycles. The van der Waals surface area contributed by atoms with Gasteiger partial charge in [0, 0.05) is 44.3 Å². The highest BCUT2D eigenvalue weighted by molar-refractivity contribution is 5.94. The van der Waals surface area contributed by atoms with E-state index in [0.29, 0.717) is 6.54 Å². The fourth-order valence-corrected chi connectivity index (χ4v) is 3.81. The molecule has 0 spiro atoms. The molecule has 0 radical (unpaired) electrons. The number of hydrogen-bond acceptors (Lipinski definition) is 4. The average molecular weight is 410 g/mol. The van der Waals surface area contributed by atoms with Crippen molar-refractivity contribution in [2.24, 2.45) is 0 Å². The van der Waals surface area contributed by atoms with Crippen molar-refractivity contribution in [1.82, 2.24) is 15.2 Å². The van der Waals surface area contributed by atoms with E-state index in [-0.39, 0.29) is 5.56 Å². The number of carbonyl (C=O) groups excluding carboxylic acids is 1. The van der Waals surface area contributed by atoms with Crippen molar-refractivity contribution in [3.8, 4) is 0 Å². The maximum atomic E-state index is 13.6. The number of nitrogens with zero attached hydrogens (tertiary/aromatic N) is 3. The molecule has 4 rings (SSSR count). The molecule has 5 nitrogen and oxygen atoms in total. The summed E-state index contributed by atoms with van der Waals surface area (Å²) in [7, 11) is 0. The molecule has 7 heteroatoms. The molecular weight excluding hydrogens is 386 g/mol. The number of fused-ring (bicyclic) bond motifs is 1. The Hall–Kier alpha value is -3.06. The summed E-state index contributed by atoms with van der Waals surface area (Å²) < 4.78 is 26.9. The van der Waals surface area contributed by atoms with Gasteiger partial charge < -0.3 is 10.2 Å². The van der Waals surface area contributed by atoms with Crippen LogP contribution in [0.1, 0.15) is 16.8 Å². The molecule has 1 aliphatic heterocycles. The number of carbonyl (C=O) groups is 1. The number of amides is 1. The summed E-state index contributed by atoms with van der Waals surface area (Å²) in [5.74, 6) is -0.900. The average Bonchev–Trinajstić information content (AvgIpc) is 2.78. The van der Waals surface area contributed by atoms with Crippen LogP contribution in [0.25, 0.3) is 10.8 Å². The Balaban J connectivity index is 1.24. The first-order chi connectivity index (χ1) is 14.6. The summed E-state index contributed by atoms with van der Waals surface area (Å²) in [6, 6.07) is 13.2. The number of pyridine rings is 1. The zero-order valence-electron chi connectivity index (χ0n) is 16.7. The van der Waals surface area contributed by atoms with Crippen LogP contribution in [0.15, 0.2) is 54.7 Å². The van der Waals surface area contributed by atoms with Crippen LogP contribution in [0.5, 0.6) is 0 Å². The number of aromatic nitrogens is 1. The number of benzene rings is 2. The van der Waals surface area contributed by atoms with E-state index in [1.165, 1.54) is 10.8 Å². The fraction of sp³-hybridized carbons (Fsp3) is 0.304. The minimum atomic E-state index is -0.716. The predicted molar refractivity (Wildman–Crippen MR) is 114 cm³/mol. The highest BCUT2D eigenvalue weighted by atomic mass is 19.1. The van der Waals surface area contributed by atoms with Gasteiger partial charge in [0.25, 0.3) is 5.91 Å². The zero-order chi connectivity index (χ0) is 20.9. The van der Waals surface area contributed by atoms with Gasteiger partial charge >= 0.3 is 0 Å². The molecular formula is C23H24F2N4O. The van der Waals surface area contributed by atoms with Crippen LogP contribution >= 0.6 is 0 Å². The van der Waals surface area contributed by atoms with Crippen molar-refractivity contribution >= 4 is 22.5 Å². The molecule has 0 bridgehead atoms.